The molecule has 3 fully saturated rings. The number of nitrogens with one attached hydrogen (secondary N) is 1. The predicted octanol–water partition coefficient (Wildman–Crippen LogP) is 2.86. The summed E-state index contributed by atoms with van der Waals surface area (Å²) < 4.78 is 29.8. The molecule has 0 radical (unpaired) electrons. The molecule has 3 heterocycles. The third-order valence-corrected chi connectivity index (χ3v) is 8.57. The van der Waals surface area contributed by atoms with Gasteiger partial charge in [0.2, 0.25) is 0 Å². The van der Waals surface area contributed by atoms with E-state index in [1.165, 1.54) is 12.8 Å². The van der Waals surface area contributed by atoms with Gasteiger partial charge < -0.3 is 0 Å². The van der Waals surface area contributed by atoms with Crippen LogP contribution in [-0.4, -0.2) is 58.4 Å². The minimum Gasteiger partial charge on any atom is -0.263 e. The van der Waals surface area contributed by atoms with Gasteiger partial charge in [-0.1, -0.05) is 20.8 Å². The lowest BCUT2D eigenvalue weighted by Crippen LogP contribution is -2.50. The van der Waals surface area contributed by atoms with E-state index in [1.807, 2.05) is 0 Å². The Labute approximate surface area is 163 Å². The molecule has 1 aromatic heterocycles. The van der Waals surface area contributed by atoms with Crippen LogP contribution in [0.15, 0.2) is 0 Å². The number of aromatic amines is 1. The van der Waals surface area contributed by atoms with E-state index >= 15 is 0 Å². The third-order valence-electron chi connectivity index (χ3n) is 6.56. The molecule has 0 bridgehead atoms. The summed E-state index contributed by atoms with van der Waals surface area (Å²) in [7, 11) is -3.39. The van der Waals surface area contributed by atoms with Crippen molar-refractivity contribution in [1.29, 1.82) is 0 Å². The normalized spacial score (nSPS) is 27.1. The van der Waals surface area contributed by atoms with E-state index in [1.54, 1.807) is 8.61 Å². The Morgan fingerprint density at radius 2 is 1.67 bits per heavy atom. The van der Waals surface area contributed by atoms with Crippen LogP contribution in [0.4, 0.5) is 0 Å². The second-order valence-corrected chi connectivity index (χ2v) is 11.5. The molecule has 0 spiro atoms. The number of piperidine rings is 2. The molecule has 2 aliphatic heterocycles. The monoisotopic (exact) mass is 395 g/mol. The highest BCUT2D eigenvalue weighted by Crippen LogP contribution is 2.39. The average molecular weight is 396 g/mol. The van der Waals surface area contributed by atoms with Crippen molar-refractivity contribution >= 4 is 10.2 Å². The highest BCUT2D eigenvalue weighted by atomic mass is 32.2. The molecule has 3 aliphatic rings. The summed E-state index contributed by atoms with van der Waals surface area (Å²) in [6.07, 6.45) is 6.10. The van der Waals surface area contributed by atoms with Crippen molar-refractivity contribution in [1.82, 2.24) is 23.8 Å². The van der Waals surface area contributed by atoms with Crippen molar-refractivity contribution < 1.29 is 8.42 Å². The van der Waals surface area contributed by atoms with E-state index in [0.717, 1.165) is 37.3 Å². The summed E-state index contributed by atoms with van der Waals surface area (Å²) in [4.78, 5) is 4.66. The maximum Gasteiger partial charge on any atom is 0.281 e. The number of hydrogen-bond donors (Lipinski definition) is 1. The Hall–Kier alpha value is -0.990. The summed E-state index contributed by atoms with van der Waals surface area (Å²) in [6.45, 7) is 9.15. The van der Waals surface area contributed by atoms with E-state index in [9.17, 15) is 8.42 Å². The fraction of sp³-hybridized carbons (Fsp3) is 0.895. The molecule has 1 saturated carbocycles. The van der Waals surface area contributed by atoms with Gasteiger partial charge in [-0.3, -0.25) is 5.10 Å². The Bertz CT molecular complexity index is 757. The molecule has 1 aliphatic carbocycles. The summed E-state index contributed by atoms with van der Waals surface area (Å²) >= 11 is 0. The number of hydrogen-bond acceptors (Lipinski definition) is 4. The summed E-state index contributed by atoms with van der Waals surface area (Å²) in [5.74, 6) is 3.01. The van der Waals surface area contributed by atoms with E-state index < -0.39 is 10.2 Å². The zero-order chi connectivity index (χ0) is 19.2. The van der Waals surface area contributed by atoms with Crippen molar-refractivity contribution in [3.8, 4) is 0 Å². The molecule has 0 aromatic carbocycles. The van der Waals surface area contributed by atoms with Gasteiger partial charge in [0.05, 0.1) is 0 Å². The molecule has 7 nitrogen and oxygen atoms in total. The van der Waals surface area contributed by atoms with Gasteiger partial charge in [0.15, 0.2) is 5.82 Å². The van der Waals surface area contributed by atoms with Crippen molar-refractivity contribution in [2.75, 3.05) is 26.2 Å². The van der Waals surface area contributed by atoms with Crippen LogP contribution >= 0.6 is 0 Å². The highest BCUT2D eigenvalue weighted by Gasteiger charge is 2.39. The van der Waals surface area contributed by atoms with E-state index in [-0.39, 0.29) is 11.3 Å². The van der Waals surface area contributed by atoms with Gasteiger partial charge in [0.25, 0.3) is 10.2 Å². The molecular formula is C19H33N5O2S. The third kappa shape index (κ3) is 4.07. The number of H-pyrrole nitrogens is 1. The first kappa shape index (κ1) is 19.3. The Kier molecular flexibility index (Phi) is 5.10. The van der Waals surface area contributed by atoms with Gasteiger partial charge in [-0.2, -0.15) is 22.1 Å². The lowest BCUT2D eigenvalue weighted by Gasteiger charge is -2.41. The first-order chi connectivity index (χ1) is 12.7. The summed E-state index contributed by atoms with van der Waals surface area (Å²) in [5, 5.41) is 7.46. The average Bonchev–Trinajstić information content (AvgIpc) is 3.38. The molecular weight excluding hydrogens is 362 g/mol. The van der Waals surface area contributed by atoms with Crippen LogP contribution < -0.4 is 0 Å². The van der Waals surface area contributed by atoms with E-state index in [4.69, 9.17) is 0 Å². The van der Waals surface area contributed by atoms with Gasteiger partial charge in [0.1, 0.15) is 5.82 Å². The molecule has 1 N–H and O–H groups in total. The van der Waals surface area contributed by atoms with Crippen LogP contribution in [0, 0.1) is 11.3 Å². The second kappa shape index (κ2) is 7.12. The van der Waals surface area contributed by atoms with E-state index in [2.05, 4.69) is 36.0 Å². The van der Waals surface area contributed by atoms with Gasteiger partial charge in [-0.15, -0.1) is 0 Å². The maximum atomic E-state index is 13.2. The summed E-state index contributed by atoms with van der Waals surface area (Å²) in [5.41, 5.74) is 0.247. The molecule has 2 saturated heterocycles. The number of aromatic nitrogens is 3. The quantitative estimate of drug-likeness (QED) is 0.850. The fourth-order valence-corrected chi connectivity index (χ4v) is 6.22. The van der Waals surface area contributed by atoms with Crippen LogP contribution in [0.1, 0.15) is 82.8 Å². The Morgan fingerprint density at radius 1 is 0.963 bits per heavy atom. The fourth-order valence-electron chi connectivity index (χ4n) is 4.49. The highest BCUT2D eigenvalue weighted by molar-refractivity contribution is 7.86. The van der Waals surface area contributed by atoms with Crippen molar-refractivity contribution in [3.05, 3.63) is 11.6 Å². The topological polar surface area (TPSA) is 82.2 Å². The van der Waals surface area contributed by atoms with Gasteiger partial charge in [-0.05, 0) is 49.9 Å². The molecule has 27 heavy (non-hydrogen) atoms. The van der Waals surface area contributed by atoms with Crippen LogP contribution in [0.25, 0.3) is 0 Å². The van der Waals surface area contributed by atoms with Crippen molar-refractivity contribution in [2.45, 2.75) is 71.1 Å². The lowest BCUT2D eigenvalue weighted by atomic mass is 9.76. The minimum atomic E-state index is -3.39. The van der Waals surface area contributed by atoms with Crippen molar-refractivity contribution in [2.24, 2.45) is 11.3 Å². The summed E-state index contributed by atoms with van der Waals surface area (Å²) in [6, 6.07) is 0. The standard InChI is InChI=1S/C19H33N5O2S/c1-19(2,3)16-8-11-23(12-9-16)27(25,26)24-10-4-5-15(13-24)18-20-17(21-22-18)14-6-7-14/h14-16H,4-13H2,1-3H3,(H,20,21,22). The molecule has 1 atom stereocenters. The van der Waals surface area contributed by atoms with Crippen molar-refractivity contribution in [3.63, 3.8) is 0 Å². The molecule has 152 valence electrons. The second-order valence-electron chi connectivity index (χ2n) is 9.60. The maximum absolute atomic E-state index is 13.2. The van der Waals surface area contributed by atoms with Gasteiger partial charge in [0, 0.05) is 38.0 Å². The molecule has 4 rings (SSSR count). The van der Waals surface area contributed by atoms with Crippen LogP contribution in [0.5, 0.6) is 0 Å². The minimum absolute atomic E-state index is 0.101. The van der Waals surface area contributed by atoms with E-state index in [0.29, 0.717) is 38.0 Å². The lowest BCUT2D eigenvalue weighted by molar-refractivity contribution is 0.148. The van der Waals surface area contributed by atoms with Gasteiger partial charge in [-0.25, -0.2) is 4.98 Å². The SMILES string of the molecule is CC(C)(C)C1CCN(S(=O)(=O)N2CCCC(c3n[nH]c(C4CC4)n3)C2)CC1. The van der Waals surface area contributed by atoms with Crippen LogP contribution in [0.2, 0.25) is 0 Å². The molecule has 1 aromatic rings. The first-order valence-electron chi connectivity index (χ1n) is 10.4. The van der Waals surface area contributed by atoms with Crippen LogP contribution in [0.3, 0.4) is 0 Å². The van der Waals surface area contributed by atoms with Crippen LogP contribution in [-0.2, 0) is 10.2 Å². The first-order valence-corrected chi connectivity index (χ1v) is 11.8. The zero-order valence-corrected chi connectivity index (χ0v) is 17.6. The Balaban J connectivity index is 1.41. The van der Waals surface area contributed by atoms with Gasteiger partial charge >= 0.3 is 0 Å². The predicted molar refractivity (Wildman–Crippen MR) is 105 cm³/mol. The smallest absolute Gasteiger partial charge is 0.263 e. The zero-order valence-electron chi connectivity index (χ0n) is 16.8. The number of rotatable bonds is 4. The largest absolute Gasteiger partial charge is 0.281 e. The molecule has 0 amide bonds. The molecule has 1 unspecified atom stereocenters. The Morgan fingerprint density at radius 3 is 2.30 bits per heavy atom. The number of nitrogens with zero attached hydrogens (tertiary/aromatic N) is 4. The molecule has 8 heteroatoms.